The topological polar surface area (TPSA) is 33.1 Å². The summed E-state index contributed by atoms with van der Waals surface area (Å²) in [6.45, 7) is 0. The van der Waals surface area contributed by atoms with E-state index in [0.717, 1.165) is 29.2 Å². The summed E-state index contributed by atoms with van der Waals surface area (Å²) in [7, 11) is 0. The molecular weight excluding hydrogens is 198 g/mol. The molecule has 1 heterocycles. The van der Waals surface area contributed by atoms with E-state index in [9.17, 15) is 5.11 Å². The number of nitrogens with zero attached hydrogens (tertiary/aromatic N) is 1. The van der Waals surface area contributed by atoms with Crippen molar-refractivity contribution in [3.8, 4) is 0 Å². The zero-order valence-corrected chi connectivity index (χ0v) is 9.13. The minimum Gasteiger partial charge on any atom is -0.388 e. The van der Waals surface area contributed by atoms with Gasteiger partial charge < -0.3 is 5.11 Å². The molecule has 2 heteroatoms. The number of fused-ring (bicyclic) bond motifs is 1. The van der Waals surface area contributed by atoms with Gasteiger partial charge in [-0.2, -0.15) is 0 Å². The molecule has 1 N–H and O–H groups in total. The Morgan fingerprint density at radius 2 is 2.00 bits per heavy atom. The molecule has 0 radical (unpaired) electrons. The Kier molecular flexibility index (Phi) is 2.37. The van der Waals surface area contributed by atoms with Crippen LogP contribution in [0.4, 0.5) is 0 Å². The number of aliphatic hydroxyl groups excluding tert-OH is 1. The summed E-state index contributed by atoms with van der Waals surface area (Å²) in [6.07, 6.45) is 6.86. The zero-order valence-electron chi connectivity index (χ0n) is 9.13. The first-order valence-electron chi connectivity index (χ1n) is 5.87. The van der Waals surface area contributed by atoms with Crippen LogP contribution < -0.4 is 0 Å². The van der Waals surface area contributed by atoms with Gasteiger partial charge in [0.05, 0.1) is 6.10 Å². The van der Waals surface area contributed by atoms with Gasteiger partial charge >= 0.3 is 0 Å². The van der Waals surface area contributed by atoms with Crippen LogP contribution >= 0.6 is 0 Å². The normalized spacial score (nSPS) is 18.3. The molecule has 0 spiro atoms. The van der Waals surface area contributed by atoms with Crippen LogP contribution in [0, 0.1) is 5.92 Å². The van der Waals surface area contributed by atoms with Crippen LogP contribution in [0.25, 0.3) is 10.8 Å². The molecule has 1 unspecified atom stereocenters. The molecule has 1 aromatic heterocycles. The van der Waals surface area contributed by atoms with E-state index in [-0.39, 0.29) is 6.10 Å². The molecule has 2 nitrogen and oxygen atoms in total. The third-order valence-corrected chi connectivity index (χ3v) is 3.61. The lowest BCUT2D eigenvalue weighted by molar-refractivity contribution is 0.0630. The fourth-order valence-corrected chi connectivity index (χ4v) is 2.39. The van der Waals surface area contributed by atoms with Crippen molar-refractivity contribution in [2.24, 2.45) is 5.92 Å². The molecule has 2 aromatic rings. The van der Waals surface area contributed by atoms with Crippen molar-refractivity contribution in [1.29, 1.82) is 0 Å². The van der Waals surface area contributed by atoms with Gasteiger partial charge in [0.15, 0.2) is 0 Å². The van der Waals surface area contributed by atoms with Gasteiger partial charge in [-0.05, 0) is 24.1 Å². The molecule has 0 bridgehead atoms. The van der Waals surface area contributed by atoms with Gasteiger partial charge in [-0.25, -0.2) is 0 Å². The Balaban J connectivity index is 2.08. The van der Waals surface area contributed by atoms with E-state index >= 15 is 0 Å². The van der Waals surface area contributed by atoms with Crippen molar-refractivity contribution in [3.63, 3.8) is 0 Å². The van der Waals surface area contributed by atoms with Gasteiger partial charge in [0, 0.05) is 23.3 Å². The third-order valence-electron chi connectivity index (χ3n) is 3.61. The molecule has 0 aliphatic heterocycles. The fraction of sp³-hybridized carbons (Fsp3) is 0.357. The molecular formula is C14H15NO. The van der Waals surface area contributed by atoms with Gasteiger partial charge in [0.25, 0.3) is 0 Å². The molecule has 1 fully saturated rings. The highest BCUT2D eigenvalue weighted by atomic mass is 16.3. The second-order valence-corrected chi connectivity index (χ2v) is 4.59. The number of benzene rings is 1. The largest absolute Gasteiger partial charge is 0.388 e. The van der Waals surface area contributed by atoms with Gasteiger partial charge in [-0.3, -0.25) is 4.98 Å². The summed E-state index contributed by atoms with van der Waals surface area (Å²) in [5.41, 5.74) is 0.989. The Labute approximate surface area is 94.9 Å². The summed E-state index contributed by atoms with van der Waals surface area (Å²) in [5.74, 6) is 0.438. The molecule has 0 amide bonds. The number of aliphatic hydroxyl groups is 1. The van der Waals surface area contributed by atoms with Crippen molar-refractivity contribution in [1.82, 2.24) is 4.98 Å². The first kappa shape index (κ1) is 9.79. The standard InChI is InChI=1S/C14H15NO/c16-14(10-5-3-6-10)13-9-15-8-11-4-1-2-7-12(11)13/h1-2,4,7-10,14,16H,3,5-6H2. The SMILES string of the molecule is OC(c1cncc2ccccc12)C1CCC1. The Morgan fingerprint density at radius 3 is 2.75 bits per heavy atom. The van der Waals surface area contributed by atoms with Crippen LogP contribution in [0.2, 0.25) is 0 Å². The first-order chi connectivity index (χ1) is 7.86. The van der Waals surface area contributed by atoms with E-state index in [1.54, 1.807) is 0 Å². The van der Waals surface area contributed by atoms with Crippen LogP contribution in [0.5, 0.6) is 0 Å². The second-order valence-electron chi connectivity index (χ2n) is 4.59. The quantitative estimate of drug-likeness (QED) is 0.831. The smallest absolute Gasteiger partial charge is 0.0839 e. The Morgan fingerprint density at radius 1 is 1.19 bits per heavy atom. The molecule has 0 saturated heterocycles. The van der Waals surface area contributed by atoms with Gasteiger partial charge in [-0.15, -0.1) is 0 Å². The average Bonchev–Trinajstić information content (AvgIpc) is 2.26. The molecule has 1 aliphatic carbocycles. The van der Waals surface area contributed by atoms with Crippen LogP contribution in [0.15, 0.2) is 36.7 Å². The number of pyridine rings is 1. The van der Waals surface area contributed by atoms with Gasteiger partial charge in [0.1, 0.15) is 0 Å². The maximum Gasteiger partial charge on any atom is 0.0839 e. The lowest BCUT2D eigenvalue weighted by Crippen LogP contribution is -2.20. The van der Waals surface area contributed by atoms with E-state index in [1.807, 2.05) is 30.6 Å². The molecule has 3 rings (SSSR count). The summed E-state index contributed by atoms with van der Waals surface area (Å²) in [4.78, 5) is 4.21. The predicted octanol–water partition coefficient (Wildman–Crippen LogP) is 3.07. The second kappa shape index (κ2) is 3.87. The highest BCUT2D eigenvalue weighted by molar-refractivity contribution is 5.84. The fourth-order valence-electron chi connectivity index (χ4n) is 2.39. The van der Waals surface area contributed by atoms with Crippen LogP contribution in [0.1, 0.15) is 30.9 Å². The summed E-state index contributed by atoms with van der Waals surface area (Å²) in [5, 5.41) is 12.5. The monoisotopic (exact) mass is 213 g/mol. The van der Waals surface area contributed by atoms with Gasteiger partial charge in [0.2, 0.25) is 0 Å². The number of hydrogen-bond donors (Lipinski definition) is 1. The maximum atomic E-state index is 10.3. The van der Waals surface area contributed by atoms with E-state index in [2.05, 4.69) is 11.1 Å². The number of rotatable bonds is 2. The minimum atomic E-state index is -0.340. The molecule has 1 saturated carbocycles. The molecule has 1 atom stereocenters. The van der Waals surface area contributed by atoms with Crippen LogP contribution in [-0.2, 0) is 0 Å². The van der Waals surface area contributed by atoms with Gasteiger partial charge in [-0.1, -0.05) is 30.7 Å². The first-order valence-corrected chi connectivity index (χ1v) is 5.87. The van der Waals surface area contributed by atoms with E-state index < -0.39 is 0 Å². The number of hydrogen-bond acceptors (Lipinski definition) is 2. The van der Waals surface area contributed by atoms with Crippen molar-refractivity contribution in [2.75, 3.05) is 0 Å². The number of aromatic nitrogens is 1. The van der Waals surface area contributed by atoms with E-state index in [0.29, 0.717) is 5.92 Å². The Bertz CT molecular complexity index is 500. The lowest BCUT2D eigenvalue weighted by Gasteiger charge is -2.30. The third kappa shape index (κ3) is 1.50. The summed E-state index contributed by atoms with van der Waals surface area (Å²) >= 11 is 0. The highest BCUT2D eigenvalue weighted by Gasteiger charge is 2.27. The van der Waals surface area contributed by atoms with Crippen molar-refractivity contribution < 1.29 is 5.11 Å². The zero-order chi connectivity index (χ0) is 11.0. The van der Waals surface area contributed by atoms with Crippen molar-refractivity contribution in [2.45, 2.75) is 25.4 Å². The van der Waals surface area contributed by atoms with Crippen molar-refractivity contribution in [3.05, 3.63) is 42.2 Å². The maximum absolute atomic E-state index is 10.3. The molecule has 1 aromatic carbocycles. The average molecular weight is 213 g/mol. The lowest BCUT2D eigenvalue weighted by atomic mass is 9.78. The predicted molar refractivity (Wildman–Crippen MR) is 64.0 cm³/mol. The van der Waals surface area contributed by atoms with E-state index in [4.69, 9.17) is 0 Å². The highest BCUT2D eigenvalue weighted by Crippen LogP contribution is 2.39. The summed E-state index contributed by atoms with van der Waals surface area (Å²) in [6, 6.07) is 8.12. The van der Waals surface area contributed by atoms with Crippen LogP contribution in [0.3, 0.4) is 0 Å². The molecule has 16 heavy (non-hydrogen) atoms. The van der Waals surface area contributed by atoms with Crippen molar-refractivity contribution >= 4 is 10.8 Å². The molecule has 82 valence electrons. The Hall–Kier alpha value is -1.41. The summed E-state index contributed by atoms with van der Waals surface area (Å²) < 4.78 is 0. The van der Waals surface area contributed by atoms with E-state index in [1.165, 1.54) is 6.42 Å². The van der Waals surface area contributed by atoms with Crippen LogP contribution in [-0.4, -0.2) is 10.1 Å². The molecule has 1 aliphatic rings. The minimum absolute atomic E-state index is 0.340.